The Hall–Kier alpha value is -2.76. The number of likely N-dealkylation sites (tertiary alicyclic amines) is 1. The van der Waals surface area contributed by atoms with Crippen molar-refractivity contribution in [2.24, 2.45) is 0 Å². The standard InChI is InChI=1S/C22H28Cl2N4O6Si/c1-35(2,3)11-10-33-21(30)25-20-18(34-15-6-8-27(9-7-15)22(31)32)13-19(29)28(26-20)14-4-5-16(23)17(24)12-14/h4-5,12-13,15H,6-11H2,1-3H3,(H,31,32)(H,25,26,30). The largest absolute Gasteiger partial charge is 0.486 e. The number of anilines is 1. The smallest absolute Gasteiger partial charge is 0.412 e. The minimum absolute atomic E-state index is 0.00524. The molecule has 1 fully saturated rings. The van der Waals surface area contributed by atoms with E-state index in [-0.39, 0.29) is 29.3 Å². The molecule has 0 aliphatic carbocycles. The highest BCUT2D eigenvalue weighted by molar-refractivity contribution is 6.76. The maximum Gasteiger partial charge on any atom is 0.412 e. The van der Waals surface area contributed by atoms with Crippen molar-refractivity contribution in [3.8, 4) is 11.4 Å². The summed E-state index contributed by atoms with van der Waals surface area (Å²) in [6, 6.07) is 6.60. The van der Waals surface area contributed by atoms with E-state index in [0.717, 1.165) is 10.7 Å². The molecule has 0 atom stereocenters. The van der Waals surface area contributed by atoms with Gasteiger partial charge in [-0.3, -0.25) is 10.1 Å². The molecular formula is C22H28Cl2N4O6Si. The fourth-order valence-electron chi connectivity index (χ4n) is 3.35. The van der Waals surface area contributed by atoms with E-state index in [1.165, 1.54) is 23.1 Å². The van der Waals surface area contributed by atoms with Crippen molar-refractivity contribution in [1.29, 1.82) is 0 Å². The molecule has 2 amide bonds. The predicted molar refractivity (Wildman–Crippen MR) is 136 cm³/mol. The highest BCUT2D eigenvalue weighted by atomic mass is 35.5. The van der Waals surface area contributed by atoms with Crippen LogP contribution in [-0.4, -0.2) is 65.8 Å². The van der Waals surface area contributed by atoms with Gasteiger partial charge in [0.05, 0.1) is 28.4 Å². The highest BCUT2D eigenvalue weighted by Gasteiger charge is 2.26. The van der Waals surface area contributed by atoms with Gasteiger partial charge < -0.3 is 19.5 Å². The number of aromatic nitrogens is 2. The summed E-state index contributed by atoms with van der Waals surface area (Å²) < 4.78 is 12.4. The molecule has 0 unspecified atom stereocenters. The number of amides is 2. The maximum atomic E-state index is 12.9. The van der Waals surface area contributed by atoms with Crippen molar-refractivity contribution in [2.75, 3.05) is 25.0 Å². The average molecular weight is 543 g/mol. The lowest BCUT2D eigenvalue weighted by molar-refractivity contribution is 0.0893. The Morgan fingerprint density at radius 1 is 1.17 bits per heavy atom. The topological polar surface area (TPSA) is 123 Å². The molecule has 1 saturated heterocycles. The van der Waals surface area contributed by atoms with Crippen molar-refractivity contribution >= 4 is 49.3 Å². The van der Waals surface area contributed by atoms with Gasteiger partial charge in [0.1, 0.15) is 6.10 Å². The summed E-state index contributed by atoms with van der Waals surface area (Å²) in [4.78, 5) is 37.8. The number of carboxylic acid groups (broad SMARTS) is 1. The molecule has 35 heavy (non-hydrogen) atoms. The summed E-state index contributed by atoms with van der Waals surface area (Å²) in [5, 5.41) is 16.6. The summed E-state index contributed by atoms with van der Waals surface area (Å²) in [5.74, 6) is 0.0663. The van der Waals surface area contributed by atoms with E-state index in [1.807, 2.05) is 0 Å². The monoisotopic (exact) mass is 542 g/mol. The number of benzene rings is 1. The molecule has 1 aliphatic heterocycles. The minimum Gasteiger partial charge on any atom is -0.486 e. The van der Waals surface area contributed by atoms with E-state index < -0.39 is 25.8 Å². The number of nitrogens with one attached hydrogen (secondary N) is 1. The second-order valence-electron chi connectivity index (χ2n) is 9.36. The van der Waals surface area contributed by atoms with Crippen LogP contribution in [-0.2, 0) is 4.74 Å². The van der Waals surface area contributed by atoms with E-state index in [2.05, 4.69) is 30.1 Å². The number of carbonyl (C=O) groups excluding carboxylic acids is 1. The van der Waals surface area contributed by atoms with Gasteiger partial charge in [0, 0.05) is 34.0 Å². The summed E-state index contributed by atoms with van der Waals surface area (Å²) in [7, 11) is -1.40. The van der Waals surface area contributed by atoms with Gasteiger partial charge in [0.25, 0.3) is 5.56 Å². The molecule has 2 N–H and O–H groups in total. The van der Waals surface area contributed by atoms with Gasteiger partial charge in [0.15, 0.2) is 11.6 Å². The van der Waals surface area contributed by atoms with Crippen molar-refractivity contribution < 1.29 is 24.2 Å². The van der Waals surface area contributed by atoms with E-state index >= 15 is 0 Å². The van der Waals surface area contributed by atoms with Crippen molar-refractivity contribution in [2.45, 2.75) is 44.6 Å². The number of halogens is 2. The first-order valence-corrected chi connectivity index (χ1v) is 15.6. The number of carbonyl (C=O) groups is 2. The SMILES string of the molecule is C[Si](C)(C)CCOC(=O)Nc1nn(-c2ccc(Cl)c(Cl)c2)c(=O)cc1OC1CCN(C(=O)O)CC1. The van der Waals surface area contributed by atoms with Crippen LogP contribution in [0.25, 0.3) is 5.69 Å². The van der Waals surface area contributed by atoms with Crippen molar-refractivity contribution in [3.63, 3.8) is 0 Å². The van der Waals surface area contributed by atoms with Gasteiger partial charge in [0.2, 0.25) is 0 Å². The van der Waals surface area contributed by atoms with Gasteiger partial charge in [-0.25, -0.2) is 9.59 Å². The third-order valence-electron chi connectivity index (χ3n) is 5.36. The fraction of sp³-hybridized carbons (Fsp3) is 0.455. The van der Waals surface area contributed by atoms with E-state index in [0.29, 0.717) is 36.6 Å². The van der Waals surface area contributed by atoms with Crippen LogP contribution in [0.3, 0.4) is 0 Å². The Morgan fingerprint density at radius 2 is 1.86 bits per heavy atom. The first kappa shape index (κ1) is 26.8. The molecule has 1 aromatic carbocycles. The number of hydrogen-bond acceptors (Lipinski definition) is 6. The van der Waals surface area contributed by atoms with Crippen LogP contribution in [0.1, 0.15) is 12.8 Å². The van der Waals surface area contributed by atoms with Crippen LogP contribution in [0.4, 0.5) is 15.4 Å². The normalized spacial score (nSPS) is 14.5. The summed E-state index contributed by atoms with van der Waals surface area (Å²) in [6.07, 6.45) is -1.20. The fourth-order valence-corrected chi connectivity index (χ4v) is 4.35. The van der Waals surface area contributed by atoms with Crippen molar-refractivity contribution in [1.82, 2.24) is 14.7 Å². The van der Waals surface area contributed by atoms with Gasteiger partial charge in [-0.05, 0) is 24.2 Å². The lowest BCUT2D eigenvalue weighted by atomic mass is 10.1. The molecule has 0 radical (unpaired) electrons. The summed E-state index contributed by atoms with van der Waals surface area (Å²) in [6.45, 7) is 7.38. The molecule has 0 spiro atoms. The first-order chi connectivity index (χ1) is 16.4. The molecule has 2 aromatic rings. The lowest BCUT2D eigenvalue weighted by Crippen LogP contribution is -2.41. The molecule has 0 saturated carbocycles. The Bertz CT molecular complexity index is 1150. The van der Waals surface area contributed by atoms with E-state index in [9.17, 15) is 14.4 Å². The van der Waals surface area contributed by atoms with Gasteiger partial charge >= 0.3 is 12.2 Å². The third-order valence-corrected chi connectivity index (χ3v) is 7.80. The van der Waals surface area contributed by atoms with Gasteiger partial charge in [-0.15, -0.1) is 5.10 Å². The van der Waals surface area contributed by atoms with Crippen LogP contribution >= 0.6 is 23.2 Å². The van der Waals surface area contributed by atoms with Crippen LogP contribution < -0.4 is 15.6 Å². The molecular weight excluding hydrogens is 515 g/mol. The zero-order chi connectivity index (χ0) is 25.8. The van der Waals surface area contributed by atoms with Crippen LogP contribution in [0.15, 0.2) is 29.1 Å². The van der Waals surface area contributed by atoms with Crippen LogP contribution in [0, 0.1) is 0 Å². The second kappa shape index (κ2) is 11.3. The molecule has 3 rings (SSSR count). The molecule has 13 heteroatoms. The quantitative estimate of drug-likeness (QED) is 0.474. The zero-order valence-electron chi connectivity index (χ0n) is 19.7. The Balaban J connectivity index is 1.85. The maximum absolute atomic E-state index is 12.9. The number of ether oxygens (including phenoxy) is 2. The molecule has 2 heterocycles. The first-order valence-electron chi connectivity index (χ1n) is 11.1. The van der Waals surface area contributed by atoms with Gasteiger partial charge in [-0.1, -0.05) is 42.8 Å². The van der Waals surface area contributed by atoms with Crippen LogP contribution in [0.5, 0.6) is 5.75 Å². The highest BCUT2D eigenvalue weighted by Crippen LogP contribution is 2.27. The molecule has 190 valence electrons. The summed E-state index contributed by atoms with van der Waals surface area (Å²) in [5.41, 5.74) is -0.167. The number of hydrogen-bond donors (Lipinski definition) is 2. The number of piperidine rings is 1. The molecule has 0 bridgehead atoms. The Labute approximate surface area is 213 Å². The summed E-state index contributed by atoms with van der Waals surface area (Å²) >= 11 is 12.1. The zero-order valence-corrected chi connectivity index (χ0v) is 22.2. The number of rotatable bonds is 7. The molecule has 1 aliphatic rings. The van der Waals surface area contributed by atoms with Crippen LogP contribution in [0.2, 0.25) is 35.7 Å². The van der Waals surface area contributed by atoms with E-state index in [4.69, 9.17) is 37.8 Å². The van der Waals surface area contributed by atoms with Gasteiger partial charge in [-0.2, -0.15) is 4.68 Å². The second-order valence-corrected chi connectivity index (χ2v) is 15.8. The molecule has 10 nitrogen and oxygen atoms in total. The predicted octanol–water partition coefficient (Wildman–Crippen LogP) is 4.95. The molecule has 1 aromatic heterocycles. The van der Waals surface area contributed by atoms with Crippen molar-refractivity contribution in [3.05, 3.63) is 44.7 Å². The lowest BCUT2D eigenvalue weighted by Gasteiger charge is -2.30. The Morgan fingerprint density at radius 3 is 2.46 bits per heavy atom. The number of nitrogens with zero attached hydrogens (tertiary/aromatic N) is 3. The van der Waals surface area contributed by atoms with E-state index in [1.54, 1.807) is 6.07 Å². The minimum atomic E-state index is -1.40. The Kier molecular flexibility index (Phi) is 8.68. The third kappa shape index (κ3) is 7.61. The average Bonchev–Trinajstić information content (AvgIpc) is 2.77.